The summed E-state index contributed by atoms with van der Waals surface area (Å²) >= 11 is 0. The molecule has 0 unspecified atom stereocenters. The minimum atomic E-state index is -0.771. The average molecular weight is 246 g/mol. The fraction of sp³-hybridized carbons (Fsp3) is 0.923. The second-order valence-corrected chi connectivity index (χ2v) is 5.10. The number of aliphatic hydroxyl groups is 1. The SMILES string of the molecule is CO[C@](C)(CC=O)[C@@H](OCCC(C)C)[C@H](C)O. The number of ether oxygens (including phenoxy) is 2. The molecule has 0 heterocycles. The van der Waals surface area contributed by atoms with Gasteiger partial charge in [-0.25, -0.2) is 0 Å². The quantitative estimate of drug-likeness (QED) is 0.630. The number of hydrogen-bond donors (Lipinski definition) is 1. The van der Waals surface area contributed by atoms with Gasteiger partial charge in [0.1, 0.15) is 18.0 Å². The zero-order valence-corrected chi connectivity index (χ0v) is 11.6. The largest absolute Gasteiger partial charge is 0.391 e. The first-order valence-electron chi connectivity index (χ1n) is 6.15. The van der Waals surface area contributed by atoms with Gasteiger partial charge in [-0.3, -0.25) is 0 Å². The standard InChI is InChI=1S/C13H26O4/c1-10(2)6-9-17-12(11(3)15)13(4,16-5)7-8-14/h8,10-12,15H,6-7,9H2,1-5H3/t11-,12-,13+/m0/s1. The summed E-state index contributed by atoms with van der Waals surface area (Å²) in [4.78, 5) is 10.7. The van der Waals surface area contributed by atoms with E-state index in [4.69, 9.17) is 9.47 Å². The highest BCUT2D eigenvalue weighted by molar-refractivity contribution is 5.51. The number of aldehydes is 1. The van der Waals surface area contributed by atoms with Gasteiger partial charge in [-0.1, -0.05) is 13.8 Å². The highest BCUT2D eigenvalue weighted by Crippen LogP contribution is 2.24. The topological polar surface area (TPSA) is 55.8 Å². The van der Waals surface area contributed by atoms with E-state index in [0.717, 1.165) is 12.7 Å². The molecule has 4 heteroatoms. The third-order valence-corrected chi connectivity index (χ3v) is 2.99. The summed E-state index contributed by atoms with van der Waals surface area (Å²) in [6.45, 7) is 8.23. The lowest BCUT2D eigenvalue weighted by Crippen LogP contribution is -2.49. The van der Waals surface area contributed by atoms with Crippen molar-refractivity contribution in [1.29, 1.82) is 0 Å². The van der Waals surface area contributed by atoms with E-state index in [-0.39, 0.29) is 6.42 Å². The maximum absolute atomic E-state index is 10.7. The lowest BCUT2D eigenvalue weighted by Gasteiger charge is -2.36. The third kappa shape index (κ3) is 5.61. The van der Waals surface area contributed by atoms with Crippen molar-refractivity contribution in [3.05, 3.63) is 0 Å². The summed E-state index contributed by atoms with van der Waals surface area (Å²) in [5.74, 6) is 0.546. The molecule has 0 aliphatic heterocycles. The lowest BCUT2D eigenvalue weighted by molar-refractivity contribution is -0.163. The first-order chi connectivity index (χ1) is 7.87. The molecule has 4 nitrogen and oxygen atoms in total. The molecule has 17 heavy (non-hydrogen) atoms. The molecule has 0 aromatic rings. The highest BCUT2D eigenvalue weighted by Gasteiger charge is 2.38. The molecule has 1 N–H and O–H groups in total. The zero-order valence-electron chi connectivity index (χ0n) is 11.6. The lowest BCUT2D eigenvalue weighted by atomic mass is 9.91. The van der Waals surface area contributed by atoms with E-state index in [1.807, 2.05) is 0 Å². The molecular formula is C13H26O4. The molecule has 0 aromatic carbocycles. The van der Waals surface area contributed by atoms with Crippen LogP contribution in [0, 0.1) is 5.92 Å². The second-order valence-electron chi connectivity index (χ2n) is 5.10. The summed E-state index contributed by atoms with van der Waals surface area (Å²) in [6.07, 6.45) is 0.763. The Morgan fingerprint density at radius 3 is 2.29 bits per heavy atom. The zero-order chi connectivity index (χ0) is 13.5. The van der Waals surface area contributed by atoms with Crippen molar-refractivity contribution in [2.75, 3.05) is 13.7 Å². The van der Waals surface area contributed by atoms with Gasteiger partial charge in [0.2, 0.25) is 0 Å². The van der Waals surface area contributed by atoms with Crippen LogP contribution in [0.4, 0.5) is 0 Å². The van der Waals surface area contributed by atoms with Crippen molar-refractivity contribution in [2.45, 2.75) is 58.3 Å². The van der Waals surface area contributed by atoms with Gasteiger partial charge in [0.15, 0.2) is 0 Å². The first kappa shape index (κ1) is 16.6. The Hall–Kier alpha value is -0.450. The summed E-state index contributed by atoms with van der Waals surface area (Å²) in [7, 11) is 1.53. The molecule has 0 saturated heterocycles. The maximum Gasteiger partial charge on any atom is 0.122 e. The molecular weight excluding hydrogens is 220 g/mol. The van der Waals surface area contributed by atoms with E-state index in [2.05, 4.69) is 13.8 Å². The molecule has 0 fully saturated rings. The van der Waals surface area contributed by atoms with E-state index < -0.39 is 17.8 Å². The van der Waals surface area contributed by atoms with E-state index in [1.165, 1.54) is 7.11 Å². The third-order valence-electron chi connectivity index (χ3n) is 2.99. The normalized spacial score (nSPS) is 18.8. The monoisotopic (exact) mass is 246 g/mol. The van der Waals surface area contributed by atoms with Crippen molar-refractivity contribution >= 4 is 6.29 Å². The van der Waals surface area contributed by atoms with Gasteiger partial charge in [-0.2, -0.15) is 0 Å². The summed E-state index contributed by atoms with van der Waals surface area (Å²) in [5.41, 5.74) is -0.771. The van der Waals surface area contributed by atoms with Crippen LogP contribution in [-0.2, 0) is 14.3 Å². The first-order valence-corrected chi connectivity index (χ1v) is 6.15. The van der Waals surface area contributed by atoms with Gasteiger partial charge in [0, 0.05) is 20.1 Å². The minimum Gasteiger partial charge on any atom is -0.391 e. The number of rotatable bonds is 9. The van der Waals surface area contributed by atoms with Crippen LogP contribution >= 0.6 is 0 Å². The van der Waals surface area contributed by atoms with Crippen LogP contribution in [0.5, 0.6) is 0 Å². The Morgan fingerprint density at radius 2 is 1.94 bits per heavy atom. The second kappa shape index (κ2) is 7.80. The fourth-order valence-electron chi connectivity index (χ4n) is 1.74. The number of carbonyl (C=O) groups is 1. The van der Waals surface area contributed by atoms with Crippen LogP contribution in [-0.4, -0.2) is 42.9 Å². The maximum atomic E-state index is 10.7. The Labute approximate surface area is 104 Å². The van der Waals surface area contributed by atoms with Crippen LogP contribution in [0.25, 0.3) is 0 Å². The Balaban J connectivity index is 4.53. The van der Waals surface area contributed by atoms with Gasteiger partial charge >= 0.3 is 0 Å². The van der Waals surface area contributed by atoms with Gasteiger partial charge in [-0.15, -0.1) is 0 Å². The fourth-order valence-corrected chi connectivity index (χ4v) is 1.74. The van der Waals surface area contributed by atoms with Crippen molar-refractivity contribution in [1.82, 2.24) is 0 Å². The van der Waals surface area contributed by atoms with Gasteiger partial charge in [-0.05, 0) is 26.2 Å². The molecule has 0 spiro atoms. The summed E-state index contributed by atoms with van der Waals surface area (Å²) in [5, 5.41) is 9.75. The van der Waals surface area contributed by atoms with E-state index in [0.29, 0.717) is 12.5 Å². The molecule has 0 radical (unpaired) electrons. The summed E-state index contributed by atoms with van der Waals surface area (Å²) < 4.78 is 11.0. The number of hydrogen-bond acceptors (Lipinski definition) is 4. The molecule has 0 aliphatic rings. The molecule has 0 aliphatic carbocycles. The van der Waals surface area contributed by atoms with Gasteiger partial charge in [0.05, 0.1) is 6.10 Å². The van der Waals surface area contributed by atoms with Crippen molar-refractivity contribution in [2.24, 2.45) is 5.92 Å². The number of carbonyl (C=O) groups excluding carboxylic acids is 1. The predicted octanol–water partition coefficient (Wildman–Crippen LogP) is 1.79. The van der Waals surface area contributed by atoms with E-state index >= 15 is 0 Å². The molecule has 0 aromatic heterocycles. The van der Waals surface area contributed by atoms with E-state index in [1.54, 1.807) is 13.8 Å². The van der Waals surface area contributed by atoms with Crippen molar-refractivity contribution < 1.29 is 19.4 Å². The molecule has 0 rings (SSSR count). The van der Waals surface area contributed by atoms with Gasteiger partial charge in [0.25, 0.3) is 0 Å². The summed E-state index contributed by atoms with van der Waals surface area (Å²) in [6, 6.07) is 0. The number of aliphatic hydroxyl groups excluding tert-OH is 1. The smallest absolute Gasteiger partial charge is 0.122 e. The number of methoxy groups -OCH3 is 1. The van der Waals surface area contributed by atoms with Crippen LogP contribution in [0.3, 0.4) is 0 Å². The van der Waals surface area contributed by atoms with Crippen LogP contribution in [0.1, 0.15) is 40.5 Å². The predicted molar refractivity (Wildman–Crippen MR) is 67.0 cm³/mol. The molecule has 0 saturated carbocycles. The Kier molecular flexibility index (Phi) is 7.59. The van der Waals surface area contributed by atoms with E-state index in [9.17, 15) is 9.90 Å². The Bertz CT molecular complexity index is 215. The minimum absolute atomic E-state index is 0.209. The van der Waals surface area contributed by atoms with Crippen LogP contribution < -0.4 is 0 Å². The average Bonchev–Trinajstić information content (AvgIpc) is 2.23. The Morgan fingerprint density at radius 1 is 1.35 bits per heavy atom. The van der Waals surface area contributed by atoms with Crippen molar-refractivity contribution in [3.63, 3.8) is 0 Å². The highest BCUT2D eigenvalue weighted by atomic mass is 16.6. The molecule has 102 valence electrons. The van der Waals surface area contributed by atoms with Gasteiger partial charge < -0.3 is 19.4 Å². The molecule has 3 atom stereocenters. The molecule has 0 amide bonds. The molecule has 0 bridgehead atoms. The van der Waals surface area contributed by atoms with Crippen molar-refractivity contribution in [3.8, 4) is 0 Å². The van der Waals surface area contributed by atoms with Crippen LogP contribution in [0.2, 0.25) is 0 Å². The van der Waals surface area contributed by atoms with Crippen LogP contribution in [0.15, 0.2) is 0 Å².